The molecular formula is C20H18N4O2S2. The zero-order valence-electron chi connectivity index (χ0n) is 15.1. The summed E-state index contributed by atoms with van der Waals surface area (Å²) in [5.74, 6) is 2.05. The molecule has 4 rings (SSSR count). The number of aryl methyl sites for hydroxylation is 1. The fourth-order valence-corrected chi connectivity index (χ4v) is 4.39. The molecule has 0 saturated carbocycles. The van der Waals surface area contributed by atoms with Gasteiger partial charge in [0, 0.05) is 18.7 Å². The fraction of sp³-hybridized carbons (Fsp3) is 0.200. The summed E-state index contributed by atoms with van der Waals surface area (Å²) >= 11 is 3.14. The highest BCUT2D eigenvalue weighted by Crippen LogP contribution is 2.22. The van der Waals surface area contributed by atoms with Crippen LogP contribution in [0.25, 0.3) is 21.6 Å². The number of benzene rings is 1. The Morgan fingerprint density at radius 2 is 2.11 bits per heavy atom. The molecule has 0 saturated heterocycles. The SMILES string of the molecule is C=CCn1c(SCCCc2nc(-c3cccs3)no2)nc2ccccc2c1=O. The maximum Gasteiger partial charge on any atom is 0.262 e. The molecule has 0 fully saturated rings. The van der Waals surface area contributed by atoms with Crippen molar-refractivity contribution in [3.05, 3.63) is 70.7 Å². The van der Waals surface area contributed by atoms with Crippen molar-refractivity contribution in [1.82, 2.24) is 19.7 Å². The van der Waals surface area contributed by atoms with Gasteiger partial charge >= 0.3 is 0 Å². The second kappa shape index (κ2) is 8.53. The molecule has 4 aromatic rings. The van der Waals surface area contributed by atoms with Gasteiger partial charge in [0.05, 0.1) is 15.8 Å². The smallest absolute Gasteiger partial charge is 0.262 e. The standard InChI is InChI=1S/C20H18N4O2S2/c1-2-11-24-19(25)14-7-3-4-8-15(14)21-20(24)28-13-6-10-17-22-18(23-26-17)16-9-5-12-27-16/h2-5,7-9,12H,1,6,10-11,13H2. The predicted molar refractivity (Wildman–Crippen MR) is 113 cm³/mol. The minimum Gasteiger partial charge on any atom is -0.339 e. The lowest BCUT2D eigenvalue weighted by molar-refractivity contribution is 0.378. The van der Waals surface area contributed by atoms with Crippen LogP contribution >= 0.6 is 23.1 Å². The van der Waals surface area contributed by atoms with Gasteiger partial charge in [0.15, 0.2) is 5.16 Å². The molecule has 0 radical (unpaired) electrons. The Kier molecular flexibility index (Phi) is 5.68. The number of hydrogen-bond donors (Lipinski definition) is 0. The van der Waals surface area contributed by atoms with Crippen molar-refractivity contribution in [1.29, 1.82) is 0 Å². The van der Waals surface area contributed by atoms with Gasteiger partial charge in [-0.1, -0.05) is 41.2 Å². The summed E-state index contributed by atoms with van der Waals surface area (Å²) in [6.07, 6.45) is 3.24. The summed E-state index contributed by atoms with van der Waals surface area (Å²) in [6.45, 7) is 4.19. The largest absolute Gasteiger partial charge is 0.339 e. The minimum atomic E-state index is -0.0366. The molecular weight excluding hydrogens is 392 g/mol. The Morgan fingerprint density at radius 1 is 1.21 bits per heavy atom. The van der Waals surface area contributed by atoms with Gasteiger partial charge < -0.3 is 4.52 Å². The van der Waals surface area contributed by atoms with Crippen LogP contribution in [0.5, 0.6) is 0 Å². The number of hydrogen-bond acceptors (Lipinski definition) is 7. The van der Waals surface area contributed by atoms with E-state index in [0.29, 0.717) is 40.7 Å². The Bertz CT molecular complexity index is 1150. The molecule has 142 valence electrons. The number of nitrogens with zero attached hydrogens (tertiary/aromatic N) is 4. The summed E-state index contributed by atoms with van der Waals surface area (Å²) in [7, 11) is 0. The fourth-order valence-electron chi connectivity index (χ4n) is 2.80. The average Bonchev–Trinajstić information content (AvgIpc) is 3.40. The zero-order chi connectivity index (χ0) is 19.3. The lowest BCUT2D eigenvalue weighted by Crippen LogP contribution is -2.22. The van der Waals surface area contributed by atoms with Crippen LogP contribution in [-0.4, -0.2) is 25.4 Å². The molecule has 0 unspecified atom stereocenters. The van der Waals surface area contributed by atoms with Gasteiger partial charge in [0.1, 0.15) is 0 Å². The summed E-state index contributed by atoms with van der Waals surface area (Å²) < 4.78 is 7.00. The Morgan fingerprint density at radius 3 is 2.93 bits per heavy atom. The first-order valence-corrected chi connectivity index (χ1v) is 10.7. The van der Waals surface area contributed by atoms with Crippen LogP contribution in [-0.2, 0) is 13.0 Å². The van der Waals surface area contributed by atoms with E-state index in [9.17, 15) is 4.79 Å². The van der Waals surface area contributed by atoms with Crippen LogP contribution in [0.4, 0.5) is 0 Å². The second-order valence-electron chi connectivity index (χ2n) is 6.06. The Hall–Kier alpha value is -2.71. The molecule has 3 aromatic heterocycles. The first-order valence-electron chi connectivity index (χ1n) is 8.86. The van der Waals surface area contributed by atoms with Crippen molar-refractivity contribution in [2.24, 2.45) is 0 Å². The van der Waals surface area contributed by atoms with E-state index in [1.54, 1.807) is 39.8 Å². The van der Waals surface area contributed by atoms with Crippen LogP contribution in [0, 0.1) is 0 Å². The molecule has 0 aliphatic carbocycles. The van der Waals surface area contributed by atoms with Gasteiger partial charge in [-0.05, 0) is 30.0 Å². The van der Waals surface area contributed by atoms with Crippen LogP contribution in [0.2, 0.25) is 0 Å². The third-order valence-electron chi connectivity index (χ3n) is 4.11. The van der Waals surface area contributed by atoms with Crippen molar-refractivity contribution in [3.63, 3.8) is 0 Å². The van der Waals surface area contributed by atoms with E-state index in [1.807, 2.05) is 35.7 Å². The lowest BCUT2D eigenvalue weighted by Gasteiger charge is -2.11. The van der Waals surface area contributed by atoms with Gasteiger partial charge in [-0.3, -0.25) is 9.36 Å². The molecule has 0 atom stereocenters. The molecule has 0 aliphatic rings. The van der Waals surface area contributed by atoms with Crippen LogP contribution in [0.15, 0.2) is 68.9 Å². The van der Waals surface area contributed by atoms with E-state index in [-0.39, 0.29) is 5.56 Å². The summed E-state index contributed by atoms with van der Waals surface area (Å²) in [5, 5.41) is 7.34. The molecule has 8 heteroatoms. The molecule has 0 spiro atoms. The Labute approximate surface area is 169 Å². The number of rotatable bonds is 8. The number of aromatic nitrogens is 4. The van der Waals surface area contributed by atoms with Crippen LogP contribution in [0.1, 0.15) is 12.3 Å². The maximum absolute atomic E-state index is 12.7. The summed E-state index contributed by atoms with van der Waals surface area (Å²) in [5.41, 5.74) is 0.679. The zero-order valence-corrected chi connectivity index (χ0v) is 16.7. The molecule has 0 aliphatic heterocycles. The van der Waals surface area contributed by atoms with E-state index < -0.39 is 0 Å². The van der Waals surface area contributed by atoms with Gasteiger partial charge in [0.2, 0.25) is 11.7 Å². The van der Waals surface area contributed by atoms with E-state index >= 15 is 0 Å². The van der Waals surface area contributed by atoms with E-state index in [2.05, 4.69) is 21.7 Å². The molecule has 0 amide bonds. The van der Waals surface area contributed by atoms with Crippen molar-refractivity contribution in [2.45, 2.75) is 24.5 Å². The lowest BCUT2D eigenvalue weighted by atomic mass is 10.2. The number of thioether (sulfide) groups is 1. The quantitative estimate of drug-likeness (QED) is 0.185. The first-order chi connectivity index (χ1) is 13.8. The topological polar surface area (TPSA) is 73.8 Å². The molecule has 0 N–H and O–H groups in total. The number of allylic oxidation sites excluding steroid dienone is 1. The van der Waals surface area contributed by atoms with Gasteiger partial charge in [-0.25, -0.2) is 4.98 Å². The highest BCUT2D eigenvalue weighted by atomic mass is 32.2. The highest BCUT2D eigenvalue weighted by Gasteiger charge is 2.12. The first kappa shape index (κ1) is 18.6. The van der Waals surface area contributed by atoms with E-state index in [4.69, 9.17) is 4.52 Å². The van der Waals surface area contributed by atoms with Gasteiger partial charge in [0.25, 0.3) is 5.56 Å². The van der Waals surface area contributed by atoms with E-state index in [1.165, 1.54) is 0 Å². The highest BCUT2D eigenvalue weighted by molar-refractivity contribution is 7.99. The third kappa shape index (κ3) is 3.93. The number of para-hydroxylation sites is 1. The summed E-state index contributed by atoms with van der Waals surface area (Å²) in [6, 6.07) is 11.3. The molecule has 6 nitrogen and oxygen atoms in total. The van der Waals surface area contributed by atoms with Crippen LogP contribution < -0.4 is 5.56 Å². The number of thiophene rings is 1. The number of fused-ring (bicyclic) bond motifs is 1. The molecule has 1 aromatic carbocycles. The minimum absolute atomic E-state index is 0.0366. The average molecular weight is 411 g/mol. The molecule has 3 heterocycles. The Balaban J connectivity index is 1.43. The van der Waals surface area contributed by atoms with Crippen molar-refractivity contribution in [2.75, 3.05) is 5.75 Å². The van der Waals surface area contributed by atoms with Crippen molar-refractivity contribution >= 4 is 34.0 Å². The van der Waals surface area contributed by atoms with Crippen molar-refractivity contribution < 1.29 is 4.52 Å². The van der Waals surface area contributed by atoms with Gasteiger partial charge in [-0.15, -0.1) is 17.9 Å². The van der Waals surface area contributed by atoms with Crippen LogP contribution in [0.3, 0.4) is 0 Å². The molecule has 0 bridgehead atoms. The predicted octanol–water partition coefficient (Wildman–Crippen LogP) is 4.42. The third-order valence-corrected chi connectivity index (χ3v) is 6.04. The molecule has 28 heavy (non-hydrogen) atoms. The normalized spacial score (nSPS) is 11.1. The second-order valence-corrected chi connectivity index (χ2v) is 8.07. The van der Waals surface area contributed by atoms with Gasteiger partial charge in [-0.2, -0.15) is 4.98 Å². The monoisotopic (exact) mass is 410 g/mol. The van der Waals surface area contributed by atoms with E-state index in [0.717, 1.165) is 17.1 Å². The maximum atomic E-state index is 12.7. The van der Waals surface area contributed by atoms with Crippen molar-refractivity contribution in [3.8, 4) is 10.7 Å². The summed E-state index contributed by atoms with van der Waals surface area (Å²) in [4.78, 5) is 22.8.